The lowest BCUT2D eigenvalue weighted by atomic mass is 10.2. The van der Waals surface area contributed by atoms with Crippen LogP contribution in [0.4, 0.5) is 0 Å². The third kappa shape index (κ3) is 3.01. The molecule has 0 saturated heterocycles. The van der Waals surface area contributed by atoms with Gasteiger partial charge in [0.15, 0.2) is 0 Å². The highest BCUT2D eigenvalue weighted by Crippen LogP contribution is 2.39. The van der Waals surface area contributed by atoms with Crippen molar-refractivity contribution >= 4 is 32.7 Å². The van der Waals surface area contributed by atoms with Crippen molar-refractivity contribution in [2.24, 2.45) is 0 Å². The zero-order valence-corrected chi connectivity index (χ0v) is 15.7. The number of fused-ring (bicyclic) bond motifs is 1. The molecule has 132 valence electrons. The Balaban J connectivity index is 2.01. The van der Waals surface area contributed by atoms with Crippen LogP contribution in [0.5, 0.6) is 0 Å². The predicted molar refractivity (Wildman–Crippen MR) is 106 cm³/mol. The van der Waals surface area contributed by atoms with Gasteiger partial charge < -0.3 is 0 Å². The normalized spacial score (nSPS) is 11.4. The number of benzene rings is 3. The molecule has 0 unspecified atom stereocenters. The molecule has 0 fully saturated rings. The molecule has 0 radical (unpaired) electrons. The van der Waals surface area contributed by atoms with E-state index in [0.717, 1.165) is 14.3 Å². The highest BCUT2D eigenvalue weighted by Gasteiger charge is 2.27. The number of hydrogen-bond donors (Lipinski definition) is 0. The number of aromatic nitrogens is 1. The van der Waals surface area contributed by atoms with Crippen molar-refractivity contribution in [3.8, 4) is 6.07 Å². The van der Waals surface area contributed by atoms with Crippen LogP contribution in [-0.2, 0) is 10.0 Å². The van der Waals surface area contributed by atoms with Gasteiger partial charge in [-0.1, -0.05) is 66.4 Å². The average Bonchev–Trinajstić information content (AvgIpc) is 3.03. The SMILES string of the molecule is N#Cc1c(Sc2ccccc2)c2ccccc2n1S(=O)(=O)c1ccccc1. The van der Waals surface area contributed by atoms with Gasteiger partial charge >= 0.3 is 0 Å². The van der Waals surface area contributed by atoms with E-state index in [9.17, 15) is 13.7 Å². The number of hydrogen-bond acceptors (Lipinski definition) is 4. The minimum atomic E-state index is -3.90. The molecule has 1 heterocycles. The fourth-order valence-electron chi connectivity index (χ4n) is 2.94. The quantitative estimate of drug-likeness (QED) is 0.497. The number of para-hydroxylation sites is 1. The van der Waals surface area contributed by atoms with Crippen LogP contribution < -0.4 is 0 Å². The smallest absolute Gasteiger partial charge is 0.222 e. The lowest BCUT2D eigenvalue weighted by molar-refractivity contribution is 0.588. The second kappa shape index (κ2) is 6.95. The van der Waals surface area contributed by atoms with Crippen molar-refractivity contribution in [1.82, 2.24) is 3.97 Å². The standard InChI is InChI=1S/C21H14N2O2S2/c22-15-20-21(26-16-9-3-1-4-10-16)18-13-7-8-14-19(18)23(20)27(24,25)17-11-5-2-6-12-17/h1-14H. The van der Waals surface area contributed by atoms with Crippen LogP contribution in [-0.4, -0.2) is 12.4 Å². The molecule has 3 aromatic carbocycles. The molecule has 0 aliphatic heterocycles. The zero-order valence-electron chi connectivity index (χ0n) is 14.1. The summed E-state index contributed by atoms with van der Waals surface area (Å²) >= 11 is 1.39. The molecule has 0 saturated carbocycles. The van der Waals surface area contributed by atoms with Crippen LogP contribution in [0.1, 0.15) is 5.69 Å². The molecule has 4 rings (SSSR count). The Bertz CT molecular complexity index is 1260. The Hall–Kier alpha value is -3.01. The van der Waals surface area contributed by atoms with Gasteiger partial charge in [0, 0.05) is 10.3 Å². The second-order valence-corrected chi connectivity index (χ2v) is 8.67. The van der Waals surface area contributed by atoms with E-state index in [1.807, 2.05) is 42.5 Å². The maximum atomic E-state index is 13.3. The summed E-state index contributed by atoms with van der Waals surface area (Å²) in [4.78, 5) is 1.73. The fourth-order valence-corrected chi connectivity index (χ4v) is 5.54. The van der Waals surface area contributed by atoms with Crippen molar-refractivity contribution < 1.29 is 8.42 Å². The van der Waals surface area contributed by atoms with Crippen molar-refractivity contribution in [3.05, 3.63) is 90.6 Å². The summed E-state index contributed by atoms with van der Waals surface area (Å²) in [5.74, 6) is 0. The molecular weight excluding hydrogens is 376 g/mol. The van der Waals surface area contributed by atoms with Crippen LogP contribution in [0, 0.1) is 11.3 Å². The summed E-state index contributed by atoms with van der Waals surface area (Å²) in [6.07, 6.45) is 0. The molecule has 0 bridgehead atoms. The van der Waals surface area contributed by atoms with Gasteiger partial charge in [0.1, 0.15) is 11.8 Å². The topological polar surface area (TPSA) is 62.9 Å². The molecule has 0 atom stereocenters. The zero-order chi connectivity index (χ0) is 18.9. The molecule has 6 heteroatoms. The van der Waals surface area contributed by atoms with Crippen LogP contribution in [0.15, 0.2) is 99.6 Å². The van der Waals surface area contributed by atoms with E-state index in [1.54, 1.807) is 30.3 Å². The highest BCUT2D eigenvalue weighted by molar-refractivity contribution is 7.99. The first-order valence-corrected chi connectivity index (χ1v) is 10.5. The van der Waals surface area contributed by atoms with Crippen LogP contribution >= 0.6 is 11.8 Å². The van der Waals surface area contributed by atoms with Gasteiger partial charge in [-0.3, -0.25) is 0 Å². The second-order valence-electron chi connectivity index (χ2n) is 5.80. The lowest BCUT2D eigenvalue weighted by Crippen LogP contribution is -2.14. The summed E-state index contributed by atoms with van der Waals surface area (Å²) < 4.78 is 27.7. The highest BCUT2D eigenvalue weighted by atomic mass is 32.2. The molecule has 0 aliphatic carbocycles. The number of nitriles is 1. The van der Waals surface area contributed by atoms with Crippen LogP contribution in [0.25, 0.3) is 10.9 Å². The first-order valence-electron chi connectivity index (χ1n) is 8.20. The van der Waals surface area contributed by atoms with Gasteiger partial charge in [-0.25, -0.2) is 12.4 Å². The first-order chi connectivity index (χ1) is 13.1. The third-order valence-electron chi connectivity index (χ3n) is 4.14. The van der Waals surface area contributed by atoms with E-state index in [-0.39, 0.29) is 10.6 Å². The Labute approximate surface area is 161 Å². The van der Waals surface area contributed by atoms with E-state index in [4.69, 9.17) is 0 Å². The summed E-state index contributed by atoms with van der Waals surface area (Å²) in [5, 5.41) is 10.6. The van der Waals surface area contributed by atoms with E-state index >= 15 is 0 Å². The number of rotatable bonds is 4. The molecule has 4 aromatic rings. The summed E-state index contributed by atoms with van der Waals surface area (Å²) in [5.41, 5.74) is 0.616. The van der Waals surface area contributed by atoms with Gasteiger partial charge in [0.05, 0.1) is 15.3 Å². The van der Waals surface area contributed by atoms with Gasteiger partial charge in [-0.15, -0.1) is 0 Å². The van der Waals surface area contributed by atoms with Gasteiger partial charge in [0.2, 0.25) is 0 Å². The summed E-state index contributed by atoms with van der Waals surface area (Å²) in [7, 11) is -3.90. The monoisotopic (exact) mass is 390 g/mol. The maximum absolute atomic E-state index is 13.3. The number of nitrogens with zero attached hydrogens (tertiary/aromatic N) is 2. The predicted octanol–water partition coefficient (Wildman–Crippen LogP) is 4.90. The van der Waals surface area contributed by atoms with Gasteiger partial charge in [-0.2, -0.15) is 5.26 Å². The fraction of sp³-hybridized carbons (Fsp3) is 0. The van der Waals surface area contributed by atoms with E-state index in [1.165, 1.54) is 23.9 Å². The van der Waals surface area contributed by atoms with Crippen LogP contribution in [0.2, 0.25) is 0 Å². The van der Waals surface area contributed by atoms with Gasteiger partial charge in [-0.05, 0) is 30.3 Å². The maximum Gasteiger partial charge on any atom is 0.269 e. The molecule has 27 heavy (non-hydrogen) atoms. The van der Waals surface area contributed by atoms with Gasteiger partial charge in [0.25, 0.3) is 10.0 Å². The Kier molecular flexibility index (Phi) is 4.48. The summed E-state index contributed by atoms with van der Waals surface area (Å²) in [6.45, 7) is 0. The Morgan fingerprint density at radius 1 is 0.815 bits per heavy atom. The Morgan fingerprint density at radius 2 is 1.41 bits per heavy atom. The molecule has 0 aliphatic rings. The van der Waals surface area contributed by atoms with Crippen molar-refractivity contribution in [3.63, 3.8) is 0 Å². The average molecular weight is 390 g/mol. The molecular formula is C21H14N2O2S2. The third-order valence-corrected chi connectivity index (χ3v) is 6.99. The van der Waals surface area contributed by atoms with E-state index < -0.39 is 10.0 Å². The van der Waals surface area contributed by atoms with Crippen molar-refractivity contribution in [2.45, 2.75) is 14.7 Å². The minimum absolute atomic E-state index is 0.119. The van der Waals surface area contributed by atoms with E-state index in [2.05, 4.69) is 6.07 Å². The lowest BCUT2D eigenvalue weighted by Gasteiger charge is -2.09. The molecule has 4 nitrogen and oxygen atoms in total. The van der Waals surface area contributed by atoms with Crippen molar-refractivity contribution in [2.75, 3.05) is 0 Å². The summed E-state index contributed by atoms with van der Waals surface area (Å²) in [6, 6.07) is 27.1. The Morgan fingerprint density at radius 3 is 2.07 bits per heavy atom. The molecule has 1 aromatic heterocycles. The first kappa shape index (κ1) is 17.4. The van der Waals surface area contributed by atoms with Crippen LogP contribution in [0.3, 0.4) is 0 Å². The molecule has 0 N–H and O–H groups in total. The van der Waals surface area contributed by atoms with Crippen molar-refractivity contribution in [1.29, 1.82) is 5.26 Å². The van der Waals surface area contributed by atoms with E-state index in [0.29, 0.717) is 10.4 Å². The molecule has 0 amide bonds. The largest absolute Gasteiger partial charge is 0.269 e. The minimum Gasteiger partial charge on any atom is -0.222 e. The molecule has 0 spiro atoms.